The van der Waals surface area contributed by atoms with Gasteiger partial charge in [0, 0.05) is 18.4 Å². The summed E-state index contributed by atoms with van der Waals surface area (Å²) in [6.07, 6.45) is 0.338. The Bertz CT molecular complexity index is 535. The summed E-state index contributed by atoms with van der Waals surface area (Å²) in [5.41, 5.74) is -0.671. The molecule has 128 valence electrons. The van der Waals surface area contributed by atoms with E-state index < -0.39 is 23.3 Å². The standard InChI is InChI=1S/C17H24O6/c1-6-22-15(20)10(3)13(16(21)23-7-2)14-11(18)8-17(4,5)9-12(14)19/h14H,6-9H2,1-5H3/b13-10-. The number of rotatable bonds is 5. The van der Waals surface area contributed by atoms with Crippen molar-refractivity contribution in [2.24, 2.45) is 11.3 Å². The van der Waals surface area contributed by atoms with Crippen LogP contribution in [-0.2, 0) is 28.7 Å². The lowest BCUT2D eigenvalue weighted by atomic mass is 9.69. The summed E-state index contributed by atoms with van der Waals surface area (Å²) in [4.78, 5) is 49.1. The Hall–Kier alpha value is -1.98. The predicted molar refractivity (Wildman–Crippen MR) is 82.5 cm³/mol. The van der Waals surface area contributed by atoms with Crippen LogP contribution in [0.15, 0.2) is 11.1 Å². The highest BCUT2D eigenvalue weighted by Crippen LogP contribution is 2.37. The second kappa shape index (κ2) is 7.53. The van der Waals surface area contributed by atoms with Gasteiger partial charge in [0.05, 0.1) is 18.8 Å². The van der Waals surface area contributed by atoms with Crippen molar-refractivity contribution in [1.29, 1.82) is 0 Å². The molecular formula is C17H24O6. The van der Waals surface area contributed by atoms with E-state index in [-0.39, 0.29) is 48.8 Å². The van der Waals surface area contributed by atoms with Gasteiger partial charge in [-0.25, -0.2) is 9.59 Å². The van der Waals surface area contributed by atoms with Gasteiger partial charge in [-0.15, -0.1) is 0 Å². The summed E-state index contributed by atoms with van der Waals surface area (Å²) in [7, 11) is 0. The van der Waals surface area contributed by atoms with Crippen LogP contribution in [0.5, 0.6) is 0 Å². The van der Waals surface area contributed by atoms with E-state index in [0.29, 0.717) is 0 Å². The fourth-order valence-electron chi connectivity index (χ4n) is 2.76. The van der Waals surface area contributed by atoms with Crippen molar-refractivity contribution in [2.75, 3.05) is 13.2 Å². The summed E-state index contributed by atoms with van der Waals surface area (Å²) < 4.78 is 9.83. The van der Waals surface area contributed by atoms with E-state index >= 15 is 0 Å². The molecule has 0 radical (unpaired) electrons. The smallest absolute Gasteiger partial charge is 0.335 e. The maximum atomic E-state index is 12.4. The zero-order valence-electron chi connectivity index (χ0n) is 14.4. The molecule has 0 aromatic rings. The highest BCUT2D eigenvalue weighted by atomic mass is 16.5. The molecule has 0 N–H and O–H groups in total. The molecule has 1 saturated carbocycles. The van der Waals surface area contributed by atoms with E-state index in [1.54, 1.807) is 13.8 Å². The number of Topliss-reactive ketones (excluding diaryl/α,β-unsaturated/α-hetero) is 2. The Balaban J connectivity index is 3.32. The molecule has 0 amide bonds. The van der Waals surface area contributed by atoms with Gasteiger partial charge in [-0.2, -0.15) is 0 Å². The second-order valence-electron chi connectivity index (χ2n) is 6.36. The van der Waals surface area contributed by atoms with Crippen LogP contribution in [0.25, 0.3) is 0 Å². The van der Waals surface area contributed by atoms with Gasteiger partial charge in [0.2, 0.25) is 0 Å². The minimum Gasteiger partial charge on any atom is -0.463 e. The van der Waals surface area contributed by atoms with Crippen molar-refractivity contribution in [1.82, 2.24) is 0 Å². The van der Waals surface area contributed by atoms with Gasteiger partial charge in [-0.3, -0.25) is 9.59 Å². The van der Waals surface area contributed by atoms with Crippen molar-refractivity contribution in [3.8, 4) is 0 Å². The average Bonchev–Trinajstić information content (AvgIpc) is 2.41. The molecule has 6 nitrogen and oxygen atoms in total. The van der Waals surface area contributed by atoms with Crippen LogP contribution in [0.1, 0.15) is 47.5 Å². The number of hydrogen-bond acceptors (Lipinski definition) is 6. The quantitative estimate of drug-likeness (QED) is 0.437. The highest BCUT2D eigenvalue weighted by Gasteiger charge is 2.44. The first kappa shape index (κ1) is 19.1. The molecule has 0 unspecified atom stereocenters. The van der Waals surface area contributed by atoms with Gasteiger partial charge in [0.1, 0.15) is 17.5 Å². The number of carbonyl (C=O) groups excluding carboxylic acids is 4. The minimum absolute atomic E-state index is 0.0447. The molecule has 0 aromatic carbocycles. The Morgan fingerprint density at radius 2 is 1.43 bits per heavy atom. The van der Waals surface area contributed by atoms with E-state index in [9.17, 15) is 19.2 Å². The molecule has 6 heteroatoms. The van der Waals surface area contributed by atoms with Crippen molar-refractivity contribution in [3.05, 3.63) is 11.1 Å². The monoisotopic (exact) mass is 324 g/mol. The van der Waals surface area contributed by atoms with E-state index in [1.165, 1.54) is 6.92 Å². The van der Waals surface area contributed by atoms with Crippen LogP contribution in [0.3, 0.4) is 0 Å². The summed E-state index contributed by atoms with van der Waals surface area (Å²) in [6.45, 7) is 8.49. The van der Waals surface area contributed by atoms with Gasteiger partial charge in [-0.1, -0.05) is 13.8 Å². The Kier molecular flexibility index (Phi) is 6.24. The van der Waals surface area contributed by atoms with Gasteiger partial charge < -0.3 is 9.47 Å². The normalized spacial score (nSPS) is 19.2. The molecule has 0 aliphatic heterocycles. The lowest BCUT2D eigenvalue weighted by molar-refractivity contribution is -0.146. The Labute approximate surface area is 136 Å². The van der Waals surface area contributed by atoms with E-state index in [1.807, 2.05) is 13.8 Å². The predicted octanol–water partition coefficient (Wildman–Crippen LogP) is 2.00. The largest absolute Gasteiger partial charge is 0.463 e. The van der Waals surface area contributed by atoms with Gasteiger partial charge in [0.15, 0.2) is 0 Å². The fraction of sp³-hybridized carbons (Fsp3) is 0.647. The fourth-order valence-corrected chi connectivity index (χ4v) is 2.76. The summed E-state index contributed by atoms with van der Waals surface area (Å²) >= 11 is 0. The molecule has 0 spiro atoms. The molecule has 0 saturated heterocycles. The molecule has 23 heavy (non-hydrogen) atoms. The Morgan fingerprint density at radius 3 is 1.87 bits per heavy atom. The number of carbonyl (C=O) groups is 4. The number of ketones is 2. The molecule has 0 heterocycles. The van der Waals surface area contributed by atoms with Gasteiger partial charge >= 0.3 is 11.9 Å². The lowest BCUT2D eigenvalue weighted by Crippen LogP contribution is -2.41. The third-order valence-electron chi connectivity index (χ3n) is 3.72. The van der Waals surface area contributed by atoms with Gasteiger partial charge in [-0.05, 0) is 26.2 Å². The van der Waals surface area contributed by atoms with Crippen LogP contribution in [0.4, 0.5) is 0 Å². The van der Waals surface area contributed by atoms with Crippen LogP contribution in [0, 0.1) is 11.3 Å². The van der Waals surface area contributed by atoms with Crippen LogP contribution in [0.2, 0.25) is 0 Å². The van der Waals surface area contributed by atoms with Crippen molar-refractivity contribution < 1.29 is 28.7 Å². The number of hydrogen-bond donors (Lipinski definition) is 0. The first-order valence-corrected chi connectivity index (χ1v) is 7.75. The SMILES string of the molecule is CCOC(=O)/C(C)=C(\C(=O)OCC)C1C(=O)CC(C)(C)CC1=O. The van der Waals surface area contributed by atoms with Crippen LogP contribution < -0.4 is 0 Å². The molecule has 1 aliphatic rings. The van der Waals surface area contributed by atoms with E-state index in [4.69, 9.17) is 9.47 Å². The van der Waals surface area contributed by atoms with Crippen LogP contribution in [-0.4, -0.2) is 36.7 Å². The molecule has 1 fully saturated rings. The Morgan fingerprint density at radius 1 is 1.00 bits per heavy atom. The summed E-state index contributed by atoms with van der Waals surface area (Å²) in [6, 6.07) is 0. The van der Waals surface area contributed by atoms with Crippen LogP contribution >= 0.6 is 0 Å². The number of esters is 2. The minimum atomic E-state index is -1.24. The first-order valence-electron chi connectivity index (χ1n) is 7.75. The number of ether oxygens (including phenoxy) is 2. The lowest BCUT2D eigenvalue weighted by Gasteiger charge is -2.32. The van der Waals surface area contributed by atoms with Crippen molar-refractivity contribution in [3.63, 3.8) is 0 Å². The van der Waals surface area contributed by atoms with E-state index in [0.717, 1.165) is 0 Å². The average molecular weight is 324 g/mol. The maximum absolute atomic E-state index is 12.4. The van der Waals surface area contributed by atoms with Crippen molar-refractivity contribution in [2.45, 2.75) is 47.5 Å². The maximum Gasteiger partial charge on any atom is 0.335 e. The zero-order valence-corrected chi connectivity index (χ0v) is 14.4. The van der Waals surface area contributed by atoms with Crippen molar-refractivity contribution >= 4 is 23.5 Å². The molecular weight excluding hydrogens is 300 g/mol. The van der Waals surface area contributed by atoms with E-state index in [2.05, 4.69) is 0 Å². The third kappa shape index (κ3) is 4.50. The van der Waals surface area contributed by atoms with Gasteiger partial charge in [0.25, 0.3) is 0 Å². The molecule has 1 aliphatic carbocycles. The third-order valence-corrected chi connectivity index (χ3v) is 3.72. The summed E-state index contributed by atoms with van der Waals surface area (Å²) in [5.74, 6) is -3.51. The molecule has 0 atom stereocenters. The second-order valence-corrected chi connectivity index (χ2v) is 6.36. The first-order chi connectivity index (χ1) is 10.6. The highest BCUT2D eigenvalue weighted by molar-refractivity contribution is 6.16. The summed E-state index contributed by atoms with van der Waals surface area (Å²) in [5, 5.41) is 0. The zero-order chi connectivity index (χ0) is 17.8. The molecule has 1 rings (SSSR count). The molecule has 0 bridgehead atoms. The molecule has 0 aromatic heterocycles. The topological polar surface area (TPSA) is 86.7 Å².